The summed E-state index contributed by atoms with van der Waals surface area (Å²) in [5.74, 6) is 0.775. The third-order valence-electron chi connectivity index (χ3n) is 2.82. The fourth-order valence-electron chi connectivity index (χ4n) is 1.96. The number of hydrogen-bond donors (Lipinski definition) is 0. The third-order valence-corrected chi connectivity index (χ3v) is 4.16. The first kappa shape index (κ1) is 12.9. The van der Waals surface area contributed by atoms with Gasteiger partial charge < -0.3 is 4.74 Å². The number of nitrogens with zero attached hydrogens (tertiary/aromatic N) is 3. The number of hydrogen-bond acceptors (Lipinski definition) is 5. The average Bonchev–Trinajstić information content (AvgIpc) is 2.89. The highest BCUT2D eigenvalue weighted by Crippen LogP contribution is 2.38. The minimum Gasteiger partial charge on any atom is -0.496 e. The Morgan fingerprint density at radius 3 is 2.85 bits per heavy atom. The summed E-state index contributed by atoms with van der Waals surface area (Å²) in [6, 6.07) is 11.6. The maximum absolute atomic E-state index is 9.12. The normalized spacial score (nSPS) is 10.4. The Kier molecular flexibility index (Phi) is 3.26. The molecule has 1 aromatic carbocycles. The Morgan fingerprint density at radius 2 is 2.10 bits per heavy atom. The van der Waals surface area contributed by atoms with Crippen LogP contribution in [0.2, 0.25) is 5.28 Å². The maximum atomic E-state index is 9.12. The van der Waals surface area contributed by atoms with Crippen LogP contribution in [0.25, 0.3) is 20.7 Å². The van der Waals surface area contributed by atoms with E-state index in [4.69, 9.17) is 21.6 Å². The molecule has 2 aromatic heterocycles. The van der Waals surface area contributed by atoms with Gasteiger partial charge in [0.1, 0.15) is 11.8 Å². The van der Waals surface area contributed by atoms with Crippen LogP contribution in [0.5, 0.6) is 5.75 Å². The predicted octanol–water partition coefficient (Wildman–Crippen LogP) is 3.89. The lowest BCUT2D eigenvalue weighted by molar-refractivity contribution is 0.416. The second kappa shape index (κ2) is 5.08. The maximum Gasteiger partial charge on any atom is 0.224 e. The van der Waals surface area contributed by atoms with Crippen molar-refractivity contribution in [2.45, 2.75) is 0 Å². The van der Waals surface area contributed by atoms with Crippen LogP contribution in [-0.4, -0.2) is 17.1 Å². The summed E-state index contributed by atoms with van der Waals surface area (Å²) < 4.78 is 6.09. The standard InChI is InChI=1S/C14H8ClN3OS/c1-19-11-5-3-2-4-8(11)12-6-9-13(20-12)10(7-16)18-14(15)17-9/h2-6H,1H3. The zero-order chi connectivity index (χ0) is 14.1. The predicted molar refractivity (Wildman–Crippen MR) is 79.1 cm³/mol. The zero-order valence-corrected chi connectivity index (χ0v) is 12.0. The molecule has 0 aliphatic carbocycles. The number of nitriles is 1. The van der Waals surface area contributed by atoms with Crippen LogP contribution in [0, 0.1) is 11.3 Å². The minimum absolute atomic E-state index is 0.0819. The van der Waals surface area contributed by atoms with Crippen molar-refractivity contribution in [2.24, 2.45) is 0 Å². The van der Waals surface area contributed by atoms with Gasteiger partial charge in [0.25, 0.3) is 0 Å². The summed E-state index contributed by atoms with van der Waals surface area (Å²) in [5.41, 5.74) is 1.93. The van der Waals surface area contributed by atoms with Crippen LogP contribution >= 0.6 is 22.9 Å². The number of benzene rings is 1. The monoisotopic (exact) mass is 301 g/mol. The number of fused-ring (bicyclic) bond motifs is 1. The second-order valence-corrected chi connectivity index (χ2v) is 5.37. The molecule has 0 aliphatic rings. The van der Waals surface area contributed by atoms with Crippen molar-refractivity contribution in [3.05, 3.63) is 41.3 Å². The van der Waals surface area contributed by atoms with Crippen molar-refractivity contribution in [1.82, 2.24) is 9.97 Å². The van der Waals surface area contributed by atoms with Gasteiger partial charge in [-0.2, -0.15) is 5.26 Å². The molecule has 98 valence electrons. The fraction of sp³-hybridized carbons (Fsp3) is 0.0714. The van der Waals surface area contributed by atoms with E-state index in [9.17, 15) is 0 Å². The molecule has 0 saturated heterocycles. The summed E-state index contributed by atoms with van der Waals surface area (Å²) in [7, 11) is 1.63. The van der Waals surface area contributed by atoms with E-state index < -0.39 is 0 Å². The lowest BCUT2D eigenvalue weighted by atomic mass is 10.1. The molecule has 0 unspecified atom stereocenters. The van der Waals surface area contributed by atoms with Gasteiger partial charge >= 0.3 is 0 Å². The summed E-state index contributed by atoms with van der Waals surface area (Å²) in [6.45, 7) is 0. The lowest BCUT2D eigenvalue weighted by Crippen LogP contribution is -1.86. The number of methoxy groups -OCH3 is 1. The molecule has 0 fully saturated rings. The zero-order valence-electron chi connectivity index (χ0n) is 10.4. The first-order valence-corrected chi connectivity index (χ1v) is 6.93. The van der Waals surface area contributed by atoms with Gasteiger partial charge in [-0.25, -0.2) is 9.97 Å². The Bertz CT molecular complexity index is 838. The van der Waals surface area contributed by atoms with E-state index in [2.05, 4.69) is 9.97 Å². The third kappa shape index (κ3) is 2.09. The smallest absolute Gasteiger partial charge is 0.224 e. The second-order valence-electron chi connectivity index (χ2n) is 3.98. The lowest BCUT2D eigenvalue weighted by Gasteiger charge is -2.04. The van der Waals surface area contributed by atoms with Crippen molar-refractivity contribution < 1.29 is 4.74 Å². The highest BCUT2D eigenvalue weighted by molar-refractivity contribution is 7.22. The van der Waals surface area contributed by atoms with Crippen molar-refractivity contribution >= 4 is 33.2 Å². The fourth-order valence-corrected chi connectivity index (χ4v) is 3.20. The Hall–Kier alpha value is -2.16. The van der Waals surface area contributed by atoms with Gasteiger partial charge in [-0.3, -0.25) is 0 Å². The molecule has 0 aliphatic heterocycles. The number of para-hydroxylation sites is 1. The van der Waals surface area contributed by atoms with E-state index in [0.717, 1.165) is 20.9 Å². The minimum atomic E-state index is 0.0819. The molecule has 20 heavy (non-hydrogen) atoms. The molecule has 6 heteroatoms. The SMILES string of the molecule is COc1ccccc1-c1cc2nc(Cl)nc(C#N)c2s1. The summed E-state index contributed by atoms with van der Waals surface area (Å²) in [6.07, 6.45) is 0. The first-order chi connectivity index (χ1) is 9.72. The van der Waals surface area contributed by atoms with Crippen molar-refractivity contribution in [3.8, 4) is 22.3 Å². The molecule has 3 rings (SSSR count). The molecule has 0 atom stereocenters. The molecular weight excluding hydrogens is 294 g/mol. The molecule has 0 radical (unpaired) electrons. The molecule has 0 bridgehead atoms. The quantitative estimate of drug-likeness (QED) is 0.674. The van der Waals surface area contributed by atoms with Crippen molar-refractivity contribution in [1.29, 1.82) is 5.26 Å². The molecular formula is C14H8ClN3OS. The molecule has 2 heterocycles. The van der Waals surface area contributed by atoms with E-state index in [1.54, 1.807) is 7.11 Å². The number of halogens is 1. The Balaban J connectivity index is 2.26. The van der Waals surface area contributed by atoms with Crippen LogP contribution in [0.1, 0.15) is 5.69 Å². The Morgan fingerprint density at radius 1 is 1.30 bits per heavy atom. The molecule has 0 amide bonds. The van der Waals surface area contributed by atoms with Gasteiger partial charge in [-0.05, 0) is 29.8 Å². The highest BCUT2D eigenvalue weighted by Gasteiger charge is 2.14. The number of aromatic nitrogens is 2. The topological polar surface area (TPSA) is 58.8 Å². The summed E-state index contributed by atoms with van der Waals surface area (Å²) >= 11 is 7.28. The van der Waals surface area contributed by atoms with Crippen molar-refractivity contribution in [2.75, 3.05) is 7.11 Å². The van der Waals surface area contributed by atoms with Crippen LogP contribution in [0.15, 0.2) is 30.3 Å². The number of ether oxygens (including phenoxy) is 1. The van der Waals surface area contributed by atoms with E-state index in [1.165, 1.54) is 11.3 Å². The molecule has 0 saturated carbocycles. The van der Waals surface area contributed by atoms with Gasteiger partial charge in [0.05, 0.1) is 17.3 Å². The highest BCUT2D eigenvalue weighted by atomic mass is 35.5. The van der Waals surface area contributed by atoms with Crippen LogP contribution in [0.4, 0.5) is 0 Å². The van der Waals surface area contributed by atoms with Crippen LogP contribution < -0.4 is 4.74 Å². The Labute approximate surface area is 124 Å². The van der Waals surface area contributed by atoms with E-state index in [1.807, 2.05) is 36.4 Å². The summed E-state index contributed by atoms with van der Waals surface area (Å²) in [5, 5.41) is 9.21. The van der Waals surface area contributed by atoms with Crippen molar-refractivity contribution in [3.63, 3.8) is 0 Å². The first-order valence-electron chi connectivity index (χ1n) is 5.73. The number of thiophene rings is 1. The van der Waals surface area contributed by atoms with Gasteiger partial charge in [-0.15, -0.1) is 11.3 Å². The number of rotatable bonds is 2. The van der Waals surface area contributed by atoms with E-state index in [0.29, 0.717) is 11.2 Å². The average molecular weight is 302 g/mol. The molecule has 3 aromatic rings. The van der Waals surface area contributed by atoms with Crippen LogP contribution in [0.3, 0.4) is 0 Å². The van der Waals surface area contributed by atoms with E-state index >= 15 is 0 Å². The largest absolute Gasteiger partial charge is 0.496 e. The van der Waals surface area contributed by atoms with E-state index in [-0.39, 0.29) is 5.28 Å². The van der Waals surface area contributed by atoms with Gasteiger partial charge in [-0.1, -0.05) is 12.1 Å². The van der Waals surface area contributed by atoms with Gasteiger partial charge in [0.2, 0.25) is 5.28 Å². The van der Waals surface area contributed by atoms with Gasteiger partial charge in [0.15, 0.2) is 5.69 Å². The summed E-state index contributed by atoms with van der Waals surface area (Å²) in [4.78, 5) is 9.06. The van der Waals surface area contributed by atoms with Crippen LogP contribution in [-0.2, 0) is 0 Å². The molecule has 4 nitrogen and oxygen atoms in total. The molecule has 0 N–H and O–H groups in total. The molecule has 0 spiro atoms. The van der Waals surface area contributed by atoms with Gasteiger partial charge in [0, 0.05) is 10.4 Å².